The highest BCUT2D eigenvalue weighted by atomic mass is 16.5. The molecular formula is C31H41N3O5. The molecule has 2 saturated carbocycles. The zero-order valence-corrected chi connectivity index (χ0v) is 22.9. The van der Waals surface area contributed by atoms with Crippen LogP contribution in [0, 0.1) is 11.8 Å². The molecule has 0 radical (unpaired) electrons. The third kappa shape index (κ3) is 4.75. The van der Waals surface area contributed by atoms with Crippen molar-refractivity contribution in [2.75, 3.05) is 11.9 Å². The zero-order chi connectivity index (χ0) is 27.0. The molecule has 3 aliphatic heterocycles. The van der Waals surface area contributed by atoms with Crippen LogP contribution in [0.1, 0.15) is 77.6 Å². The fourth-order valence-electron chi connectivity index (χ4n) is 7.69. The van der Waals surface area contributed by atoms with Gasteiger partial charge >= 0.3 is 0 Å². The number of rotatable bonds is 7. The van der Waals surface area contributed by atoms with Crippen LogP contribution in [0.3, 0.4) is 0 Å². The lowest BCUT2D eigenvalue weighted by atomic mass is 9.74. The molecule has 5 atom stereocenters. The molecule has 0 aromatic heterocycles. The number of amides is 3. The number of carbonyl (C=O) groups excluding carboxylic acids is 3. The third-order valence-corrected chi connectivity index (χ3v) is 9.47. The molecule has 2 saturated heterocycles. The van der Waals surface area contributed by atoms with Gasteiger partial charge in [0.05, 0.1) is 24.5 Å². The van der Waals surface area contributed by atoms with Crippen LogP contribution in [-0.2, 0) is 19.1 Å². The van der Waals surface area contributed by atoms with Gasteiger partial charge < -0.3 is 25.0 Å². The van der Waals surface area contributed by atoms with E-state index in [0.29, 0.717) is 12.3 Å². The topological polar surface area (TPSA) is 97.0 Å². The van der Waals surface area contributed by atoms with Crippen LogP contribution in [0.5, 0.6) is 5.75 Å². The second kappa shape index (κ2) is 11.0. The molecule has 3 amide bonds. The molecule has 2 bridgehead atoms. The number of nitrogens with one attached hydrogen (secondary N) is 2. The lowest BCUT2D eigenvalue weighted by Gasteiger charge is -2.37. The van der Waals surface area contributed by atoms with Crippen LogP contribution < -0.4 is 15.4 Å². The Bertz CT molecular complexity index is 1110. The Labute approximate surface area is 230 Å². The minimum absolute atomic E-state index is 0.00653. The highest BCUT2D eigenvalue weighted by Gasteiger charge is 2.73. The Morgan fingerprint density at radius 1 is 0.974 bits per heavy atom. The minimum atomic E-state index is -1.10. The fraction of sp³-hybridized carbons (Fsp3) is 0.645. The lowest BCUT2D eigenvalue weighted by molar-refractivity contribution is -0.144. The van der Waals surface area contributed by atoms with E-state index < -0.39 is 29.6 Å². The first-order valence-electron chi connectivity index (χ1n) is 15.1. The van der Waals surface area contributed by atoms with Crippen molar-refractivity contribution >= 4 is 23.4 Å². The molecule has 1 spiro atoms. The van der Waals surface area contributed by atoms with E-state index in [1.165, 1.54) is 6.42 Å². The summed E-state index contributed by atoms with van der Waals surface area (Å²) in [4.78, 5) is 43.9. The van der Waals surface area contributed by atoms with Gasteiger partial charge in [-0.2, -0.15) is 0 Å². The van der Waals surface area contributed by atoms with Crippen LogP contribution >= 0.6 is 0 Å². The number of hydrogen-bond donors (Lipinski definition) is 2. The second-order valence-corrected chi connectivity index (χ2v) is 11.9. The van der Waals surface area contributed by atoms with Crippen LogP contribution in [0.25, 0.3) is 0 Å². The maximum absolute atomic E-state index is 14.3. The van der Waals surface area contributed by atoms with Crippen molar-refractivity contribution in [3.05, 3.63) is 36.4 Å². The van der Waals surface area contributed by atoms with E-state index in [4.69, 9.17) is 9.47 Å². The Morgan fingerprint density at radius 3 is 2.33 bits per heavy atom. The van der Waals surface area contributed by atoms with Gasteiger partial charge in [-0.15, -0.1) is 0 Å². The molecule has 0 unspecified atom stereocenters. The average molecular weight is 536 g/mol. The Kier molecular flexibility index (Phi) is 7.40. The monoisotopic (exact) mass is 535 g/mol. The number of nitrogens with zero attached hydrogens (tertiary/aromatic N) is 1. The predicted octanol–water partition coefficient (Wildman–Crippen LogP) is 4.35. The SMILES string of the molecule is CCOc1ccc(NC(=O)[C@H]2[C@@H]3C=C[C@]4(O3)[C@@H]2C(=O)N(C2CCCCCC2)[C@H]4C(=O)NC2CCCCC2)cc1. The van der Waals surface area contributed by atoms with E-state index in [0.717, 1.165) is 70.0 Å². The van der Waals surface area contributed by atoms with E-state index in [-0.39, 0.29) is 29.8 Å². The molecular weight excluding hydrogens is 494 g/mol. The van der Waals surface area contributed by atoms with E-state index in [2.05, 4.69) is 10.6 Å². The maximum atomic E-state index is 14.3. The Hall–Kier alpha value is -2.87. The largest absolute Gasteiger partial charge is 0.494 e. The van der Waals surface area contributed by atoms with Gasteiger partial charge in [-0.3, -0.25) is 14.4 Å². The fourth-order valence-corrected chi connectivity index (χ4v) is 7.69. The summed E-state index contributed by atoms with van der Waals surface area (Å²) in [6, 6.07) is 6.62. The maximum Gasteiger partial charge on any atom is 0.246 e. The molecule has 210 valence electrons. The first-order valence-corrected chi connectivity index (χ1v) is 15.1. The number of fused-ring (bicyclic) bond motifs is 1. The summed E-state index contributed by atoms with van der Waals surface area (Å²) in [6.45, 7) is 2.49. The summed E-state index contributed by atoms with van der Waals surface area (Å²) in [7, 11) is 0. The molecule has 5 aliphatic rings. The number of likely N-dealkylation sites (tertiary alicyclic amines) is 1. The average Bonchev–Trinajstić information content (AvgIpc) is 3.49. The highest BCUT2D eigenvalue weighted by Crippen LogP contribution is 2.56. The molecule has 1 aromatic carbocycles. The standard InChI is InChI=1S/C31H41N3O5/c1-2-38-23-16-14-21(15-17-23)32-28(35)25-24-18-19-31(39-24)26(25)30(37)34(22-12-8-3-4-9-13-22)27(31)29(36)33-20-10-6-5-7-11-20/h14-20,22,24-27H,2-13H2,1H3,(H,32,35)(H,33,36)/t24-,25-,26-,27-,31-/m0/s1. The zero-order valence-electron chi connectivity index (χ0n) is 22.9. The number of anilines is 1. The predicted molar refractivity (Wildman–Crippen MR) is 147 cm³/mol. The summed E-state index contributed by atoms with van der Waals surface area (Å²) in [5.74, 6) is -1.14. The number of hydrogen-bond acceptors (Lipinski definition) is 5. The van der Waals surface area contributed by atoms with E-state index in [1.54, 1.807) is 12.1 Å². The van der Waals surface area contributed by atoms with Crippen molar-refractivity contribution in [3.63, 3.8) is 0 Å². The molecule has 2 aliphatic carbocycles. The van der Waals surface area contributed by atoms with Crippen molar-refractivity contribution in [2.45, 2.75) is 107 Å². The van der Waals surface area contributed by atoms with Gasteiger partial charge in [0.15, 0.2) is 0 Å². The molecule has 8 heteroatoms. The molecule has 6 rings (SSSR count). The third-order valence-electron chi connectivity index (χ3n) is 9.47. The van der Waals surface area contributed by atoms with Gasteiger partial charge in [-0.1, -0.05) is 57.1 Å². The molecule has 39 heavy (non-hydrogen) atoms. The summed E-state index contributed by atoms with van der Waals surface area (Å²) in [5, 5.41) is 6.30. The molecule has 3 heterocycles. The summed E-state index contributed by atoms with van der Waals surface area (Å²) in [5.41, 5.74) is -0.463. The van der Waals surface area contributed by atoms with Gasteiger partial charge in [0, 0.05) is 17.8 Å². The smallest absolute Gasteiger partial charge is 0.246 e. The highest BCUT2D eigenvalue weighted by molar-refractivity contribution is 6.03. The number of benzene rings is 1. The lowest BCUT2D eigenvalue weighted by Crippen LogP contribution is -2.58. The van der Waals surface area contributed by atoms with Crippen LogP contribution in [0.2, 0.25) is 0 Å². The summed E-state index contributed by atoms with van der Waals surface area (Å²) < 4.78 is 12.0. The summed E-state index contributed by atoms with van der Waals surface area (Å²) >= 11 is 0. The van der Waals surface area contributed by atoms with Gasteiger partial charge in [0.2, 0.25) is 17.7 Å². The van der Waals surface area contributed by atoms with Gasteiger partial charge in [-0.25, -0.2) is 0 Å². The van der Waals surface area contributed by atoms with E-state index in [9.17, 15) is 14.4 Å². The molecule has 2 N–H and O–H groups in total. The molecule has 8 nitrogen and oxygen atoms in total. The normalized spacial score (nSPS) is 32.6. The number of ether oxygens (including phenoxy) is 2. The van der Waals surface area contributed by atoms with Crippen molar-refractivity contribution < 1.29 is 23.9 Å². The Morgan fingerprint density at radius 2 is 1.64 bits per heavy atom. The van der Waals surface area contributed by atoms with E-state index >= 15 is 0 Å². The first-order chi connectivity index (χ1) is 19.0. The molecule has 1 aromatic rings. The minimum Gasteiger partial charge on any atom is -0.494 e. The summed E-state index contributed by atoms with van der Waals surface area (Å²) in [6.07, 6.45) is 14.8. The van der Waals surface area contributed by atoms with Gasteiger partial charge in [0.25, 0.3) is 0 Å². The number of carbonyl (C=O) groups is 3. The van der Waals surface area contributed by atoms with Gasteiger partial charge in [0.1, 0.15) is 17.4 Å². The Balaban J connectivity index is 1.28. The van der Waals surface area contributed by atoms with E-state index in [1.807, 2.05) is 36.1 Å². The first kappa shape index (κ1) is 26.4. The second-order valence-electron chi connectivity index (χ2n) is 11.9. The van der Waals surface area contributed by atoms with Crippen molar-refractivity contribution in [3.8, 4) is 5.75 Å². The van der Waals surface area contributed by atoms with Crippen molar-refractivity contribution in [2.24, 2.45) is 11.8 Å². The van der Waals surface area contributed by atoms with Gasteiger partial charge in [-0.05, 0) is 56.9 Å². The van der Waals surface area contributed by atoms with Crippen molar-refractivity contribution in [1.29, 1.82) is 0 Å². The molecule has 4 fully saturated rings. The quantitative estimate of drug-likeness (QED) is 0.400. The van der Waals surface area contributed by atoms with Crippen LogP contribution in [0.4, 0.5) is 5.69 Å². The van der Waals surface area contributed by atoms with Crippen LogP contribution in [0.15, 0.2) is 36.4 Å². The van der Waals surface area contributed by atoms with Crippen LogP contribution in [-0.4, -0.2) is 59.1 Å². The van der Waals surface area contributed by atoms with Crippen molar-refractivity contribution in [1.82, 2.24) is 10.2 Å².